The second-order valence-electron chi connectivity index (χ2n) is 7.19. The molecule has 3 aromatic carbocycles. The first-order chi connectivity index (χ1) is 13.9. The van der Waals surface area contributed by atoms with Crippen LogP contribution < -0.4 is 4.74 Å². The Labute approximate surface area is 175 Å². The fourth-order valence-electron chi connectivity index (χ4n) is 3.35. The van der Waals surface area contributed by atoms with E-state index in [1.807, 2.05) is 56.3 Å². The molecule has 0 heterocycles. The Hall–Kier alpha value is -3.03. The fourth-order valence-corrected chi connectivity index (χ4v) is 3.48. The van der Waals surface area contributed by atoms with Crippen molar-refractivity contribution in [3.05, 3.63) is 76.8 Å². The van der Waals surface area contributed by atoms with Crippen LogP contribution in [0, 0.1) is 17.2 Å². The van der Waals surface area contributed by atoms with Crippen LogP contribution in [-0.4, -0.2) is 13.1 Å². The van der Waals surface area contributed by atoms with Crippen LogP contribution in [0.3, 0.4) is 0 Å². The zero-order chi connectivity index (χ0) is 21.0. The highest BCUT2D eigenvalue weighted by Crippen LogP contribution is 2.31. The molecule has 0 spiro atoms. The van der Waals surface area contributed by atoms with Crippen LogP contribution in [0.4, 0.5) is 0 Å². The van der Waals surface area contributed by atoms with Gasteiger partial charge in [-0.25, -0.2) is 0 Å². The van der Waals surface area contributed by atoms with Gasteiger partial charge >= 0.3 is 5.97 Å². The lowest BCUT2D eigenvalue weighted by atomic mass is 9.88. The molecule has 3 rings (SSSR count). The van der Waals surface area contributed by atoms with Gasteiger partial charge in [-0.15, -0.1) is 0 Å². The maximum absolute atomic E-state index is 12.9. The number of methoxy groups -OCH3 is 1. The van der Waals surface area contributed by atoms with E-state index in [0.717, 1.165) is 22.1 Å². The van der Waals surface area contributed by atoms with E-state index in [-0.39, 0.29) is 5.92 Å². The van der Waals surface area contributed by atoms with Gasteiger partial charge in [0.05, 0.1) is 13.0 Å². The summed E-state index contributed by atoms with van der Waals surface area (Å²) in [5, 5.41) is 12.2. The zero-order valence-corrected chi connectivity index (χ0v) is 17.3. The van der Waals surface area contributed by atoms with Crippen molar-refractivity contribution in [2.45, 2.75) is 25.9 Å². The molecule has 0 bridgehead atoms. The maximum Gasteiger partial charge on any atom is 0.315 e. The summed E-state index contributed by atoms with van der Waals surface area (Å²) < 4.78 is 10.9. The number of hydrogen-bond donors (Lipinski definition) is 0. The summed E-state index contributed by atoms with van der Waals surface area (Å²) in [4.78, 5) is 12.9. The number of ether oxygens (including phenoxy) is 2. The van der Waals surface area contributed by atoms with Gasteiger partial charge in [-0.05, 0) is 52.6 Å². The lowest BCUT2D eigenvalue weighted by Crippen LogP contribution is -2.22. The number of nitrogens with zero attached hydrogens (tertiary/aromatic N) is 1. The molecule has 4 nitrogen and oxygen atoms in total. The number of fused-ring (bicyclic) bond motifs is 1. The van der Waals surface area contributed by atoms with Crippen LogP contribution in [-0.2, 0) is 9.53 Å². The van der Waals surface area contributed by atoms with Crippen LogP contribution in [0.2, 0.25) is 5.02 Å². The largest absolute Gasteiger partial charge is 0.497 e. The van der Waals surface area contributed by atoms with E-state index < -0.39 is 18.0 Å². The van der Waals surface area contributed by atoms with Crippen molar-refractivity contribution in [1.29, 1.82) is 5.26 Å². The van der Waals surface area contributed by atoms with Crippen molar-refractivity contribution in [2.24, 2.45) is 5.92 Å². The molecule has 0 amide bonds. The van der Waals surface area contributed by atoms with Crippen LogP contribution in [0.15, 0.2) is 60.7 Å². The third-order valence-electron chi connectivity index (χ3n) is 4.88. The summed E-state index contributed by atoms with van der Waals surface area (Å²) in [5.74, 6) is -0.139. The lowest BCUT2D eigenvalue weighted by molar-refractivity contribution is -0.150. The molecule has 2 atom stereocenters. The summed E-state index contributed by atoms with van der Waals surface area (Å²) >= 11 is 5.96. The summed E-state index contributed by atoms with van der Waals surface area (Å²) in [5.41, 5.74) is 1.45. The predicted octanol–water partition coefficient (Wildman–Crippen LogP) is 6.05. The number of hydrogen-bond acceptors (Lipinski definition) is 4. The minimum atomic E-state index is -0.984. The third kappa shape index (κ3) is 4.70. The average molecular weight is 408 g/mol. The summed E-state index contributed by atoms with van der Waals surface area (Å²) in [6.45, 7) is 3.90. The number of carbonyl (C=O) groups is 1. The highest BCUT2D eigenvalue weighted by molar-refractivity contribution is 6.30. The minimum absolute atomic E-state index is 0.00656. The first-order valence-electron chi connectivity index (χ1n) is 9.36. The van der Waals surface area contributed by atoms with Crippen molar-refractivity contribution >= 4 is 28.3 Å². The van der Waals surface area contributed by atoms with Gasteiger partial charge in [0.2, 0.25) is 6.10 Å². The number of esters is 1. The standard InChI is InChI=1S/C24H22ClNO3/c1-15(2)23(16-6-9-20(25)10-7-16)24(27)29-22(14-26)19-5-4-18-13-21(28-3)11-8-17(18)12-19/h4-13,15,22-23H,1-3H3/t22-,23-/m1/s1. The van der Waals surface area contributed by atoms with Gasteiger partial charge in [0, 0.05) is 10.6 Å². The van der Waals surface area contributed by atoms with E-state index in [0.29, 0.717) is 10.6 Å². The molecule has 0 N–H and O–H groups in total. The molecule has 0 aromatic heterocycles. The molecule has 0 aliphatic heterocycles. The molecular formula is C24H22ClNO3. The molecule has 148 valence electrons. The van der Waals surface area contributed by atoms with Gasteiger partial charge in [0.15, 0.2) is 0 Å². The van der Waals surface area contributed by atoms with Gasteiger partial charge in [-0.3, -0.25) is 4.79 Å². The van der Waals surface area contributed by atoms with Crippen molar-refractivity contribution in [3.63, 3.8) is 0 Å². The Bertz CT molecular complexity index is 1050. The quantitative estimate of drug-likeness (QED) is 0.466. The first kappa shape index (κ1) is 20.7. The van der Waals surface area contributed by atoms with Crippen molar-refractivity contribution in [1.82, 2.24) is 0 Å². The minimum Gasteiger partial charge on any atom is -0.497 e. The fraction of sp³-hybridized carbons (Fsp3) is 0.250. The number of rotatable bonds is 6. The highest BCUT2D eigenvalue weighted by Gasteiger charge is 2.28. The van der Waals surface area contributed by atoms with Gasteiger partial charge in [0.1, 0.15) is 11.8 Å². The van der Waals surface area contributed by atoms with Crippen molar-refractivity contribution in [3.8, 4) is 11.8 Å². The molecule has 29 heavy (non-hydrogen) atoms. The van der Waals surface area contributed by atoms with E-state index >= 15 is 0 Å². The SMILES string of the molecule is COc1ccc2cc([C@@H](C#N)OC(=O)[C@@H](c3ccc(Cl)cc3)C(C)C)ccc2c1. The Morgan fingerprint density at radius 3 is 2.21 bits per heavy atom. The number of carbonyl (C=O) groups excluding carboxylic acids is 1. The molecule has 0 radical (unpaired) electrons. The molecular weight excluding hydrogens is 386 g/mol. The normalized spacial score (nSPS) is 13.0. The molecule has 0 saturated carbocycles. The topological polar surface area (TPSA) is 59.3 Å². The second kappa shape index (κ2) is 8.98. The smallest absolute Gasteiger partial charge is 0.315 e. The predicted molar refractivity (Wildman–Crippen MR) is 114 cm³/mol. The molecule has 0 saturated heterocycles. The van der Waals surface area contributed by atoms with E-state index in [1.54, 1.807) is 25.3 Å². The second-order valence-corrected chi connectivity index (χ2v) is 7.63. The summed E-state index contributed by atoms with van der Waals surface area (Å²) in [6.07, 6.45) is -0.984. The third-order valence-corrected chi connectivity index (χ3v) is 5.13. The zero-order valence-electron chi connectivity index (χ0n) is 16.6. The molecule has 0 unspecified atom stereocenters. The van der Waals surface area contributed by atoms with E-state index in [2.05, 4.69) is 6.07 Å². The molecule has 5 heteroatoms. The molecule has 0 fully saturated rings. The van der Waals surface area contributed by atoms with Gasteiger partial charge in [-0.1, -0.05) is 55.8 Å². The highest BCUT2D eigenvalue weighted by atomic mass is 35.5. The number of halogens is 1. The summed E-state index contributed by atoms with van der Waals surface area (Å²) in [7, 11) is 1.62. The molecule has 3 aromatic rings. The van der Waals surface area contributed by atoms with Gasteiger partial charge in [0.25, 0.3) is 0 Å². The monoisotopic (exact) mass is 407 g/mol. The summed E-state index contributed by atoms with van der Waals surface area (Å²) in [6, 6.07) is 20.5. The van der Waals surface area contributed by atoms with Crippen LogP contribution in [0.25, 0.3) is 10.8 Å². The van der Waals surface area contributed by atoms with E-state index in [4.69, 9.17) is 21.1 Å². The van der Waals surface area contributed by atoms with Gasteiger partial charge < -0.3 is 9.47 Å². The van der Waals surface area contributed by atoms with Crippen LogP contribution in [0.1, 0.15) is 37.0 Å². The lowest BCUT2D eigenvalue weighted by Gasteiger charge is -2.22. The molecule has 0 aliphatic carbocycles. The van der Waals surface area contributed by atoms with Gasteiger partial charge in [-0.2, -0.15) is 5.26 Å². The maximum atomic E-state index is 12.9. The average Bonchev–Trinajstić information content (AvgIpc) is 2.72. The number of nitriles is 1. The Morgan fingerprint density at radius 2 is 1.59 bits per heavy atom. The Kier molecular flexibility index (Phi) is 6.41. The van der Waals surface area contributed by atoms with E-state index in [1.165, 1.54) is 0 Å². The van der Waals surface area contributed by atoms with Crippen molar-refractivity contribution < 1.29 is 14.3 Å². The molecule has 0 aliphatic rings. The Balaban J connectivity index is 1.86. The van der Waals surface area contributed by atoms with E-state index in [9.17, 15) is 10.1 Å². The Morgan fingerprint density at radius 1 is 0.966 bits per heavy atom. The number of benzene rings is 3. The first-order valence-corrected chi connectivity index (χ1v) is 9.74. The van der Waals surface area contributed by atoms with Crippen LogP contribution in [0.5, 0.6) is 5.75 Å². The van der Waals surface area contributed by atoms with Crippen molar-refractivity contribution in [2.75, 3.05) is 7.11 Å². The van der Waals surface area contributed by atoms with Crippen LogP contribution >= 0.6 is 11.6 Å².